The SMILES string of the molecule is Cc1oc2ccccc2c1-c1nc(CCC(=O)O)cs1. The highest BCUT2D eigenvalue weighted by Gasteiger charge is 2.15. The van der Waals surface area contributed by atoms with Crippen molar-refractivity contribution < 1.29 is 14.3 Å². The molecule has 2 heterocycles. The molecule has 4 nitrogen and oxygen atoms in total. The van der Waals surface area contributed by atoms with Crippen LogP contribution >= 0.6 is 11.3 Å². The van der Waals surface area contributed by atoms with Crippen molar-refractivity contribution in [2.24, 2.45) is 0 Å². The quantitative estimate of drug-likeness (QED) is 0.791. The molecule has 2 aromatic heterocycles. The molecule has 0 atom stereocenters. The van der Waals surface area contributed by atoms with E-state index in [1.807, 2.05) is 36.6 Å². The number of furan rings is 1. The zero-order valence-corrected chi connectivity index (χ0v) is 11.7. The van der Waals surface area contributed by atoms with E-state index < -0.39 is 5.97 Å². The van der Waals surface area contributed by atoms with Crippen LogP contribution in [0.3, 0.4) is 0 Å². The monoisotopic (exact) mass is 287 g/mol. The van der Waals surface area contributed by atoms with Crippen molar-refractivity contribution in [3.05, 3.63) is 41.1 Å². The average Bonchev–Trinajstić information content (AvgIpc) is 2.99. The number of thiazole rings is 1. The normalized spacial score (nSPS) is 11.1. The highest BCUT2D eigenvalue weighted by atomic mass is 32.1. The van der Waals surface area contributed by atoms with Gasteiger partial charge in [0.25, 0.3) is 0 Å². The first-order chi connectivity index (χ1) is 9.65. The van der Waals surface area contributed by atoms with Gasteiger partial charge in [0.2, 0.25) is 0 Å². The lowest BCUT2D eigenvalue weighted by molar-refractivity contribution is -0.136. The van der Waals surface area contributed by atoms with Crippen molar-refractivity contribution in [1.82, 2.24) is 4.98 Å². The molecular weight excluding hydrogens is 274 g/mol. The lowest BCUT2D eigenvalue weighted by Crippen LogP contribution is -1.97. The Morgan fingerprint density at radius 3 is 3.00 bits per heavy atom. The maximum Gasteiger partial charge on any atom is 0.303 e. The number of aromatic nitrogens is 1. The van der Waals surface area contributed by atoms with Gasteiger partial charge in [0.1, 0.15) is 16.4 Å². The Morgan fingerprint density at radius 1 is 1.40 bits per heavy atom. The van der Waals surface area contributed by atoms with Crippen molar-refractivity contribution in [2.45, 2.75) is 19.8 Å². The van der Waals surface area contributed by atoms with E-state index in [0.717, 1.165) is 33.0 Å². The lowest BCUT2D eigenvalue weighted by atomic mass is 10.1. The van der Waals surface area contributed by atoms with E-state index in [0.29, 0.717) is 6.42 Å². The number of aliphatic carboxylic acids is 1. The molecule has 0 aliphatic heterocycles. The lowest BCUT2D eigenvalue weighted by Gasteiger charge is -1.94. The predicted molar refractivity (Wildman–Crippen MR) is 78.0 cm³/mol. The Kier molecular flexibility index (Phi) is 3.28. The summed E-state index contributed by atoms with van der Waals surface area (Å²) in [7, 11) is 0. The second kappa shape index (κ2) is 5.09. The molecule has 3 aromatic rings. The van der Waals surface area contributed by atoms with E-state index in [4.69, 9.17) is 9.52 Å². The van der Waals surface area contributed by atoms with Gasteiger partial charge in [0.15, 0.2) is 0 Å². The molecule has 102 valence electrons. The third-order valence-electron chi connectivity index (χ3n) is 3.13. The highest BCUT2D eigenvalue weighted by molar-refractivity contribution is 7.13. The minimum absolute atomic E-state index is 0.105. The van der Waals surface area contributed by atoms with Crippen LogP contribution in [-0.2, 0) is 11.2 Å². The van der Waals surface area contributed by atoms with Gasteiger partial charge in [-0.05, 0) is 13.0 Å². The minimum Gasteiger partial charge on any atom is -0.481 e. The number of benzene rings is 1. The summed E-state index contributed by atoms with van der Waals surface area (Å²) in [5, 5.41) is 12.6. The first kappa shape index (κ1) is 12.9. The van der Waals surface area contributed by atoms with E-state index in [9.17, 15) is 4.79 Å². The molecular formula is C15H13NO3S. The molecule has 1 N–H and O–H groups in total. The van der Waals surface area contributed by atoms with Crippen LogP contribution in [0.2, 0.25) is 0 Å². The van der Waals surface area contributed by atoms with Crippen molar-refractivity contribution in [3.63, 3.8) is 0 Å². The fourth-order valence-corrected chi connectivity index (χ4v) is 3.16. The molecule has 0 spiro atoms. The average molecular weight is 287 g/mol. The Balaban J connectivity index is 1.99. The zero-order chi connectivity index (χ0) is 14.1. The molecule has 0 aliphatic carbocycles. The summed E-state index contributed by atoms with van der Waals surface area (Å²) in [6.07, 6.45) is 0.564. The fourth-order valence-electron chi connectivity index (χ4n) is 2.21. The smallest absolute Gasteiger partial charge is 0.303 e. The second-order valence-corrected chi connectivity index (χ2v) is 5.43. The summed E-state index contributed by atoms with van der Waals surface area (Å²) in [5.41, 5.74) is 2.67. The van der Waals surface area contributed by atoms with Gasteiger partial charge in [-0.2, -0.15) is 0 Å². The first-order valence-corrected chi connectivity index (χ1v) is 7.18. The molecule has 0 fully saturated rings. The van der Waals surface area contributed by atoms with Gasteiger partial charge >= 0.3 is 5.97 Å². The Bertz CT molecular complexity index is 772. The summed E-state index contributed by atoms with van der Waals surface area (Å²) < 4.78 is 5.73. The summed E-state index contributed by atoms with van der Waals surface area (Å²) in [4.78, 5) is 15.1. The van der Waals surface area contributed by atoms with Gasteiger partial charge in [-0.3, -0.25) is 4.79 Å². The van der Waals surface area contributed by atoms with Crippen LogP contribution in [0.5, 0.6) is 0 Å². The van der Waals surface area contributed by atoms with Gasteiger partial charge < -0.3 is 9.52 Å². The number of hydrogen-bond acceptors (Lipinski definition) is 4. The van der Waals surface area contributed by atoms with Crippen LogP contribution < -0.4 is 0 Å². The molecule has 5 heteroatoms. The fraction of sp³-hybridized carbons (Fsp3) is 0.200. The molecule has 0 saturated carbocycles. The number of carboxylic acid groups (broad SMARTS) is 1. The minimum atomic E-state index is -0.801. The van der Waals surface area contributed by atoms with Gasteiger partial charge in [-0.15, -0.1) is 11.3 Å². The molecule has 3 rings (SSSR count). The number of para-hydroxylation sites is 1. The van der Waals surface area contributed by atoms with Gasteiger partial charge in [0.05, 0.1) is 17.7 Å². The van der Waals surface area contributed by atoms with E-state index in [1.54, 1.807) is 0 Å². The standard InChI is InChI=1S/C15H13NO3S/c1-9-14(11-4-2-3-5-12(11)19-9)15-16-10(8-20-15)6-7-13(17)18/h2-5,8H,6-7H2,1H3,(H,17,18). The number of hydrogen-bond donors (Lipinski definition) is 1. The number of rotatable bonds is 4. The molecule has 0 aliphatic rings. The summed E-state index contributed by atoms with van der Waals surface area (Å²) >= 11 is 1.52. The summed E-state index contributed by atoms with van der Waals surface area (Å²) in [6.45, 7) is 1.92. The number of aryl methyl sites for hydroxylation is 2. The van der Waals surface area contributed by atoms with Crippen LogP contribution in [0.1, 0.15) is 17.9 Å². The maximum absolute atomic E-state index is 10.6. The number of carboxylic acids is 1. The molecule has 0 saturated heterocycles. The molecule has 0 bridgehead atoms. The van der Waals surface area contributed by atoms with Gasteiger partial charge in [-0.25, -0.2) is 4.98 Å². The number of fused-ring (bicyclic) bond motifs is 1. The number of carbonyl (C=O) groups is 1. The van der Waals surface area contributed by atoms with Crippen molar-refractivity contribution in [3.8, 4) is 10.6 Å². The van der Waals surface area contributed by atoms with Crippen molar-refractivity contribution in [2.75, 3.05) is 0 Å². The van der Waals surface area contributed by atoms with Gasteiger partial charge in [-0.1, -0.05) is 18.2 Å². The zero-order valence-electron chi connectivity index (χ0n) is 10.9. The topological polar surface area (TPSA) is 63.3 Å². The van der Waals surface area contributed by atoms with Gasteiger partial charge in [0, 0.05) is 17.2 Å². The van der Waals surface area contributed by atoms with Crippen LogP contribution in [0, 0.1) is 6.92 Å². The van der Waals surface area contributed by atoms with Crippen molar-refractivity contribution in [1.29, 1.82) is 0 Å². The molecule has 0 unspecified atom stereocenters. The Morgan fingerprint density at radius 2 is 2.20 bits per heavy atom. The highest BCUT2D eigenvalue weighted by Crippen LogP contribution is 2.36. The third kappa shape index (κ3) is 2.32. The van der Waals surface area contributed by atoms with Crippen LogP contribution in [0.4, 0.5) is 0 Å². The largest absolute Gasteiger partial charge is 0.481 e. The van der Waals surface area contributed by atoms with Crippen LogP contribution in [0.15, 0.2) is 34.1 Å². The third-order valence-corrected chi connectivity index (χ3v) is 4.04. The summed E-state index contributed by atoms with van der Waals surface area (Å²) in [6, 6.07) is 7.86. The Labute approximate surface area is 119 Å². The van der Waals surface area contributed by atoms with E-state index in [2.05, 4.69) is 4.98 Å². The van der Waals surface area contributed by atoms with E-state index >= 15 is 0 Å². The predicted octanol–water partition coefficient (Wildman–Crippen LogP) is 3.88. The second-order valence-electron chi connectivity index (χ2n) is 4.57. The number of nitrogens with zero attached hydrogens (tertiary/aromatic N) is 1. The first-order valence-electron chi connectivity index (χ1n) is 6.30. The van der Waals surface area contributed by atoms with Crippen LogP contribution in [0.25, 0.3) is 21.5 Å². The molecule has 20 heavy (non-hydrogen) atoms. The van der Waals surface area contributed by atoms with Crippen molar-refractivity contribution >= 4 is 28.3 Å². The van der Waals surface area contributed by atoms with Crippen LogP contribution in [-0.4, -0.2) is 16.1 Å². The summed E-state index contributed by atoms with van der Waals surface area (Å²) in [5.74, 6) is 0.0369. The maximum atomic E-state index is 10.6. The molecule has 0 radical (unpaired) electrons. The van der Waals surface area contributed by atoms with E-state index in [1.165, 1.54) is 11.3 Å². The molecule has 0 amide bonds. The van der Waals surface area contributed by atoms with E-state index in [-0.39, 0.29) is 6.42 Å². The Hall–Kier alpha value is -2.14. The molecule has 1 aromatic carbocycles.